The summed E-state index contributed by atoms with van der Waals surface area (Å²) in [5.41, 5.74) is 3.56. The standard InChI is InChI=1S/C30H20BNO2/c33-31(34)27-13-7-15-29-30(27)25-12-5-6-14-28(25)32(29)19-16-17-24-22-10-2-1-8-20(22)21-9-3-4-11-23(21)26(24)18-19/h1-18,33-34H. The van der Waals surface area contributed by atoms with Gasteiger partial charge in [0.05, 0.1) is 11.0 Å². The molecule has 0 fully saturated rings. The van der Waals surface area contributed by atoms with E-state index in [0.717, 1.165) is 27.5 Å². The second-order valence-corrected chi connectivity index (χ2v) is 8.79. The van der Waals surface area contributed by atoms with Gasteiger partial charge in [-0.05, 0) is 62.0 Å². The van der Waals surface area contributed by atoms with Crippen LogP contribution in [0.25, 0.3) is 59.8 Å². The Morgan fingerprint density at radius 2 is 1.00 bits per heavy atom. The molecule has 0 unspecified atom stereocenters. The lowest BCUT2D eigenvalue weighted by atomic mass is 9.77. The molecule has 0 aliphatic rings. The van der Waals surface area contributed by atoms with E-state index in [1.165, 1.54) is 32.3 Å². The molecule has 3 nitrogen and oxygen atoms in total. The van der Waals surface area contributed by atoms with Gasteiger partial charge in [0.1, 0.15) is 0 Å². The fourth-order valence-corrected chi connectivity index (χ4v) is 5.58. The zero-order valence-electron chi connectivity index (χ0n) is 18.3. The highest BCUT2D eigenvalue weighted by atomic mass is 16.4. The average Bonchev–Trinajstić information content (AvgIpc) is 3.23. The topological polar surface area (TPSA) is 45.4 Å². The molecule has 0 aliphatic heterocycles. The molecule has 0 aliphatic carbocycles. The van der Waals surface area contributed by atoms with Crippen molar-refractivity contribution in [1.29, 1.82) is 0 Å². The smallest absolute Gasteiger partial charge is 0.423 e. The van der Waals surface area contributed by atoms with Gasteiger partial charge in [0, 0.05) is 16.5 Å². The number of para-hydroxylation sites is 1. The first-order chi connectivity index (χ1) is 16.7. The van der Waals surface area contributed by atoms with Gasteiger partial charge < -0.3 is 14.6 Å². The summed E-state index contributed by atoms with van der Waals surface area (Å²) in [6, 6.07) is 37.7. The van der Waals surface area contributed by atoms with Crippen molar-refractivity contribution in [1.82, 2.24) is 4.57 Å². The second-order valence-electron chi connectivity index (χ2n) is 8.79. The Bertz CT molecular complexity index is 1870. The van der Waals surface area contributed by atoms with Gasteiger partial charge in [0.15, 0.2) is 0 Å². The van der Waals surface area contributed by atoms with E-state index in [1.807, 2.05) is 30.3 Å². The van der Waals surface area contributed by atoms with Crippen LogP contribution in [-0.2, 0) is 0 Å². The highest BCUT2D eigenvalue weighted by molar-refractivity contribution is 6.63. The molecule has 7 rings (SSSR count). The number of nitrogens with zero attached hydrogens (tertiary/aromatic N) is 1. The first kappa shape index (κ1) is 19.4. The lowest BCUT2D eigenvalue weighted by molar-refractivity contribution is 0.426. The molecule has 0 amide bonds. The fourth-order valence-electron chi connectivity index (χ4n) is 5.58. The summed E-state index contributed by atoms with van der Waals surface area (Å²) in [5.74, 6) is 0. The maximum absolute atomic E-state index is 10.1. The van der Waals surface area contributed by atoms with E-state index in [0.29, 0.717) is 5.46 Å². The molecule has 160 valence electrons. The van der Waals surface area contributed by atoms with E-state index < -0.39 is 7.12 Å². The summed E-state index contributed by atoms with van der Waals surface area (Å²) >= 11 is 0. The van der Waals surface area contributed by atoms with Crippen molar-refractivity contribution in [2.75, 3.05) is 0 Å². The third-order valence-electron chi connectivity index (χ3n) is 6.99. The van der Waals surface area contributed by atoms with Crippen molar-refractivity contribution in [3.8, 4) is 5.69 Å². The number of rotatable bonds is 2. The molecular formula is C30H20BNO2. The zero-order chi connectivity index (χ0) is 22.8. The second kappa shape index (κ2) is 7.19. The minimum absolute atomic E-state index is 0.518. The molecule has 0 saturated carbocycles. The van der Waals surface area contributed by atoms with Crippen molar-refractivity contribution in [3.63, 3.8) is 0 Å². The monoisotopic (exact) mass is 437 g/mol. The number of aromatic nitrogens is 1. The summed E-state index contributed by atoms with van der Waals surface area (Å²) in [4.78, 5) is 0. The Kier molecular flexibility index (Phi) is 4.10. The summed E-state index contributed by atoms with van der Waals surface area (Å²) in [6.45, 7) is 0. The van der Waals surface area contributed by atoms with E-state index in [-0.39, 0.29) is 0 Å². The van der Waals surface area contributed by atoms with Crippen LogP contribution in [0.4, 0.5) is 0 Å². The van der Waals surface area contributed by atoms with E-state index in [1.54, 1.807) is 6.07 Å². The maximum Gasteiger partial charge on any atom is 0.489 e. The van der Waals surface area contributed by atoms with Crippen LogP contribution in [0, 0.1) is 0 Å². The van der Waals surface area contributed by atoms with Crippen molar-refractivity contribution in [2.24, 2.45) is 0 Å². The lowest BCUT2D eigenvalue weighted by Crippen LogP contribution is -2.30. The van der Waals surface area contributed by atoms with Crippen molar-refractivity contribution >= 4 is 66.7 Å². The van der Waals surface area contributed by atoms with Gasteiger partial charge in [-0.15, -0.1) is 0 Å². The van der Waals surface area contributed by atoms with Crippen LogP contribution in [0.5, 0.6) is 0 Å². The Labute approximate surface area is 196 Å². The van der Waals surface area contributed by atoms with Gasteiger partial charge in [-0.25, -0.2) is 0 Å². The van der Waals surface area contributed by atoms with Crippen LogP contribution in [0.1, 0.15) is 0 Å². The first-order valence-electron chi connectivity index (χ1n) is 11.4. The van der Waals surface area contributed by atoms with Crippen LogP contribution in [-0.4, -0.2) is 21.7 Å². The third-order valence-corrected chi connectivity index (χ3v) is 6.99. The quantitative estimate of drug-likeness (QED) is 0.260. The van der Waals surface area contributed by atoms with Crippen LogP contribution in [0.2, 0.25) is 0 Å². The molecule has 34 heavy (non-hydrogen) atoms. The summed E-state index contributed by atoms with van der Waals surface area (Å²) in [7, 11) is -1.53. The van der Waals surface area contributed by atoms with Gasteiger partial charge in [0.2, 0.25) is 0 Å². The average molecular weight is 437 g/mol. The van der Waals surface area contributed by atoms with Crippen LogP contribution in [0.3, 0.4) is 0 Å². The Morgan fingerprint density at radius 1 is 0.471 bits per heavy atom. The van der Waals surface area contributed by atoms with Crippen LogP contribution >= 0.6 is 0 Å². The number of hydrogen-bond acceptors (Lipinski definition) is 2. The Hall–Kier alpha value is -4.12. The minimum Gasteiger partial charge on any atom is -0.423 e. The van der Waals surface area contributed by atoms with Gasteiger partial charge in [-0.3, -0.25) is 0 Å². The predicted molar refractivity (Wildman–Crippen MR) is 143 cm³/mol. The summed E-state index contributed by atoms with van der Waals surface area (Å²) in [5, 5.41) is 29.4. The molecule has 1 heterocycles. The van der Waals surface area contributed by atoms with Crippen molar-refractivity contribution < 1.29 is 10.0 Å². The van der Waals surface area contributed by atoms with E-state index >= 15 is 0 Å². The molecule has 2 N–H and O–H groups in total. The van der Waals surface area contributed by atoms with Crippen LogP contribution < -0.4 is 5.46 Å². The molecule has 0 atom stereocenters. The zero-order valence-corrected chi connectivity index (χ0v) is 18.3. The molecule has 7 aromatic rings. The SMILES string of the molecule is OB(O)c1cccc2c1c1ccccc1n2-c1ccc2c3ccccc3c3ccccc3c2c1. The van der Waals surface area contributed by atoms with Gasteiger partial charge in [-0.1, -0.05) is 84.9 Å². The molecule has 6 aromatic carbocycles. The normalized spacial score (nSPS) is 11.8. The lowest BCUT2D eigenvalue weighted by Gasteiger charge is -2.14. The summed E-state index contributed by atoms with van der Waals surface area (Å²) < 4.78 is 2.22. The van der Waals surface area contributed by atoms with Crippen molar-refractivity contribution in [3.05, 3.63) is 109 Å². The van der Waals surface area contributed by atoms with Gasteiger partial charge in [-0.2, -0.15) is 0 Å². The largest absolute Gasteiger partial charge is 0.489 e. The number of fused-ring (bicyclic) bond motifs is 9. The van der Waals surface area contributed by atoms with E-state index in [2.05, 4.69) is 77.4 Å². The van der Waals surface area contributed by atoms with E-state index in [4.69, 9.17) is 0 Å². The first-order valence-corrected chi connectivity index (χ1v) is 11.4. The van der Waals surface area contributed by atoms with Gasteiger partial charge in [0.25, 0.3) is 0 Å². The van der Waals surface area contributed by atoms with Crippen LogP contribution in [0.15, 0.2) is 109 Å². The molecule has 0 saturated heterocycles. The molecule has 4 heteroatoms. The Morgan fingerprint density at radius 3 is 1.65 bits per heavy atom. The molecule has 1 aromatic heterocycles. The maximum atomic E-state index is 10.1. The fraction of sp³-hybridized carbons (Fsp3) is 0. The molecular weight excluding hydrogens is 417 g/mol. The highest BCUT2D eigenvalue weighted by Gasteiger charge is 2.21. The summed E-state index contributed by atoms with van der Waals surface area (Å²) in [6.07, 6.45) is 0. The molecule has 0 bridgehead atoms. The number of hydrogen-bond donors (Lipinski definition) is 2. The van der Waals surface area contributed by atoms with Crippen molar-refractivity contribution in [2.45, 2.75) is 0 Å². The highest BCUT2D eigenvalue weighted by Crippen LogP contribution is 2.37. The predicted octanol–water partition coefficient (Wildman–Crippen LogP) is 5.92. The van der Waals surface area contributed by atoms with E-state index in [9.17, 15) is 10.0 Å². The molecule has 0 radical (unpaired) electrons. The van der Waals surface area contributed by atoms with Gasteiger partial charge >= 0.3 is 7.12 Å². The third kappa shape index (κ3) is 2.61. The Balaban J connectivity index is 1.64. The minimum atomic E-state index is -1.53. The molecule has 0 spiro atoms. The number of benzene rings is 6.